The van der Waals surface area contributed by atoms with E-state index in [1.54, 1.807) is 24.3 Å². The fourth-order valence-corrected chi connectivity index (χ4v) is 2.99. The van der Waals surface area contributed by atoms with Crippen LogP contribution >= 0.6 is 0 Å². The lowest BCUT2D eigenvalue weighted by molar-refractivity contribution is -0.120. The molecule has 0 aliphatic heterocycles. The van der Waals surface area contributed by atoms with Crippen molar-refractivity contribution in [2.45, 2.75) is 26.8 Å². The molecule has 0 saturated carbocycles. The lowest BCUT2D eigenvalue weighted by Gasteiger charge is -2.27. The minimum atomic E-state index is -0.572. The van der Waals surface area contributed by atoms with Gasteiger partial charge >= 0.3 is 0 Å². The predicted octanol–water partition coefficient (Wildman–Crippen LogP) is 3.45. The predicted molar refractivity (Wildman–Crippen MR) is 120 cm³/mol. The molecule has 0 unspecified atom stereocenters. The Balaban J connectivity index is 2.01. The van der Waals surface area contributed by atoms with Gasteiger partial charge in [0.05, 0.1) is 7.11 Å². The van der Waals surface area contributed by atoms with E-state index in [-0.39, 0.29) is 12.5 Å². The lowest BCUT2D eigenvalue weighted by atomic mass is 10.2. The number of nitrogens with one attached hydrogen (secondary N) is 1. The normalized spacial score (nSPS) is 10.8. The van der Waals surface area contributed by atoms with Crippen LogP contribution in [0.5, 0.6) is 11.5 Å². The van der Waals surface area contributed by atoms with Gasteiger partial charge in [-0.2, -0.15) is 0 Å². The highest BCUT2D eigenvalue weighted by molar-refractivity contribution is 6.02. The van der Waals surface area contributed by atoms with E-state index in [9.17, 15) is 9.59 Å². The van der Waals surface area contributed by atoms with Crippen LogP contribution in [0, 0.1) is 0 Å². The minimum absolute atomic E-state index is 0.236. The molecule has 3 N–H and O–H groups in total. The number of hydrogen-bond donors (Lipinski definition) is 2. The summed E-state index contributed by atoms with van der Waals surface area (Å²) >= 11 is 0. The number of hydrogen-bond acceptors (Lipinski definition) is 5. The molecule has 2 aromatic rings. The molecule has 0 aliphatic carbocycles. The number of amides is 2. The number of nitrogens with two attached hydrogens (primary N) is 1. The monoisotopic (exact) mass is 411 g/mol. The molecule has 0 aromatic heterocycles. The molecule has 0 spiro atoms. The molecule has 7 nitrogen and oxygen atoms in total. The largest absolute Gasteiger partial charge is 0.493 e. The Morgan fingerprint density at radius 2 is 1.83 bits per heavy atom. The quantitative estimate of drug-likeness (QED) is 0.584. The van der Waals surface area contributed by atoms with Gasteiger partial charge in [-0.05, 0) is 68.8 Å². The number of carbonyl (C=O) groups excluding carboxylic acids is 2. The van der Waals surface area contributed by atoms with Crippen LogP contribution in [0.4, 0.5) is 11.4 Å². The third-order valence-electron chi connectivity index (χ3n) is 4.42. The maximum absolute atomic E-state index is 12.3. The van der Waals surface area contributed by atoms with Crippen molar-refractivity contribution in [1.29, 1.82) is 0 Å². The Morgan fingerprint density at radius 3 is 2.40 bits per heavy atom. The fourth-order valence-electron chi connectivity index (χ4n) is 2.99. The van der Waals surface area contributed by atoms with Crippen LogP contribution in [0.3, 0.4) is 0 Å². The summed E-state index contributed by atoms with van der Waals surface area (Å²) in [5.74, 6) is 0.0323. The van der Waals surface area contributed by atoms with Gasteiger partial charge in [-0.3, -0.25) is 9.59 Å². The molecular weight excluding hydrogens is 382 g/mol. The van der Waals surface area contributed by atoms with E-state index >= 15 is 0 Å². The number of carbonyl (C=O) groups is 2. The maximum Gasteiger partial charge on any atom is 0.255 e. The highest BCUT2D eigenvalue weighted by atomic mass is 16.5. The van der Waals surface area contributed by atoms with Crippen LogP contribution in [-0.4, -0.2) is 38.1 Å². The van der Waals surface area contributed by atoms with Gasteiger partial charge in [-0.25, -0.2) is 0 Å². The molecule has 7 heteroatoms. The van der Waals surface area contributed by atoms with Crippen molar-refractivity contribution < 1.29 is 19.1 Å². The smallest absolute Gasteiger partial charge is 0.255 e. The molecule has 0 aliphatic rings. The molecule has 0 atom stereocenters. The highest BCUT2D eigenvalue weighted by Gasteiger charge is 2.09. The van der Waals surface area contributed by atoms with Gasteiger partial charge in [0.25, 0.3) is 5.91 Å². The van der Waals surface area contributed by atoms with Gasteiger partial charge in [0, 0.05) is 30.0 Å². The summed E-state index contributed by atoms with van der Waals surface area (Å²) in [7, 11) is 1.50. The number of methoxy groups -OCH3 is 1. The first kappa shape index (κ1) is 22.8. The van der Waals surface area contributed by atoms with Crippen molar-refractivity contribution in [1.82, 2.24) is 0 Å². The Kier molecular flexibility index (Phi) is 8.29. The third-order valence-corrected chi connectivity index (χ3v) is 4.42. The number of ether oxygens (including phenoxy) is 2. The zero-order valence-electron chi connectivity index (χ0n) is 17.8. The molecule has 0 fully saturated rings. The first-order valence-corrected chi connectivity index (χ1v) is 9.79. The summed E-state index contributed by atoms with van der Waals surface area (Å²) in [6.45, 7) is 7.10. The van der Waals surface area contributed by atoms with E-state index in [4.69, 9.17) is 15.2 Å². The molecule has 2 amide bonds. The zero-order valence-corrected chi connectivity index (χ0v) is 17.8. The Morgan fingerprint density at radius 1 is 1.13 bits per heavy atom. The van der Waals surface area contributed by atoms with Crippen molar-refractivity contribution in [2.75, 3.05) is 30.5 Å². The fraction of sp³-hybridized carbons (Fsp3) is 0.304. The Labute approximate surface area is 177 Å². The second-order valence-corrected chi connectivity index (χ2v) is 6.91. The Hall–Kier alpha value is -3.48. The molecule has 0 radical (unpaired) electrons. The maximum atomic E-state index is 12.3. The van der Waals surface area contributed by atoms with Crippen LogP contribution in [0.1, 0.15) is 26.3 Å². The summed E-state index contributed by atoms with van der Waals surface area (Å²) in [6.07, 6.45) is 3.11. The van der Waals surface area contributed by atoms with Crippen LogP contribution in [0.25, 0.3) is 6.08 Å². The van der Waals surface area contributed by atoms with Crippen molar-refractivity contribution in [3.8, 4) is 11.5 Å². The molecule has 0 bridgehead atoms. The molecule has 160 valence electrons. The number of primary amides is 1. The first-order valence-electron chi connectivity index (χ1n) is 9.79. The second-order valence-electron chi connectivity index (χ2n) is 6.91. The summed E-state index contributed by atoms with van der Waals surface area (Å²) in [5.41, 5.74) is 7.68. The molecule has 0 heterocycles. The lowest BCUT2D eigenvalue weighted by Crippen LogP contribution is -2.30. The van der Waals surface area contributed by atoms with E-state index in [1.807, 2.05) is 24.3 Å². The molecule has 30 heavy (non-hydrogen) atoms. The average Bonchev–Trinajstić information content (AvgIpc) is 2.72. The van der Waals surface area contributed by atoms with Crippen LogP contribution in [0.2, 0.25) is 0 Å². The number of nitrogens with zero attached hydrogens (tertiary/aromatic N) is 1. The van der Waals surface area contributed by atoms with Gasteiger partial charge in [-0.15, -0.1) is 0 Å². The number of benzene rings is 2. The highest BCUT2D eigenvalue weighted by Crippen LogP contribution is 2.28. The van der Waals surface area contributed by atoms with Crippen molar-refractivity contribution in [3.63, 3.8) is 0 Å². The molecular formula is C23H29N3O4. The number of anilines is 2. The van der Waals surface area contributed by atoms with E-state index < -0.39 is 5.91 Å². The van der Waals surface area contributed by atoms with Gasteiger partial charge in [-0.1, -0.05) is 6.07 Å². The average molecular weight is 412 g/mol. The summed E-state index contributed by atoms with van der Waals surface area (Å²) in [4.78, 5) is 25.4. The van der Waals surface area contributed by atoms with Crippen LogP contribution < -0.4 is 25.4 Å². The standard InChI is InChI=1S/C23H29N3O4/c1-5-26(16(2)3)19-10-8-18(9-11-19)25-23(28)13-7-17-6-12-20(21(14-17)29-4)30-15-22(24)27/h6-14,16H,5,15H2,1-4H3,(H2,24,27)(H,25,28). The van der Waals surface area contributed by atoms with Crippen LogP contribution in [-0.2, 0) is 9.59 Å². The van der Waals surface area contributed by atoms with Crippen molar-refractivity contribution >= 4 is 29.3 Å². The Bertz CT molecular complexity index is 892. The van der Waals surface area contributed by atoms with E-state index in [2.05, 4.69) is 31.0 Å². The molecule has 0 saturated heterocycles. The first-order chi connectivity index (χ1) is 14.3. The van der Waals surface area contributed by atoms with Crippen molar-refractivity contribution in [3.05, 3.63) is 54.1 Å². The van der Waals surface area contributed by atoms with Gasteiger partial charge < -0.3 is 25.4 Å². The van der Waals surface area contributed by atoms with Gasteiger partial charge in [0.15, 0.2) is 18.1 Å². The summed E-state index contributed by atoms with van der Waals surface area (Å²) in [5, 5.41) is 2.85. The van der Waals surface area contributed by atoms with Gasteiger partial charge in [0.1, 0.15) is 0 Å². The minimum Gasteiger partial charge on any atom is -0.493 e. The number of rotatable bonds is 10. The second kappa shape index (κ2) is 10.9. The van der Waals surface area contributed by atoms with Gasteiger partial charge in [0.2, 0.25) is 5.91 Å². The zero-order chi connectivity index (χ0) is 22.1. The molecule has 2 rings (SSSR count). The summed E-state index contributed by atoms with van der Waals surface area (Å²) in [6, 6.07) is 13.3. The van der Waals surface area contributed by atoms with E-state index in [0.717, 1.165) is 23.5 Å². The third kappa shape index (κ3) is 6.55. The van der Waals surface area contributed by atoms with Crippen molar-refractivity contribution in [2.24, 2.45) is 5.73 Å². The molecule has 2 aromatic carbocycles. The van der Waals surface area contributed by atoms with E-state index in [0.29, 0.717) is 17.5 Å². The topological polar surface area (TPSA) is 93.9 Å². The van der Waals surface area contributed by atoms with Crippen LogP contribution in [0.15, 0.2) is 48.5 Å². The SMILES string of the molecule is CCN(c1ccc(NC(=O)C=Cc2ccc(OCC(N)=O)c(OC)c2)cc1)C(C)C. The summed E-state index contributed by atoms with van der Waals surface area (Å²) < 4.78 is 10.6. The van der Waals surface area contributed by atoms with E-state index in [1.165, 1.54) is 13.2 Å².